The molecule has 0 aliphatic heterocycles. The van der Waals surface area contributed by atoms with Gasteiger partial charge in [-0.1, -0.05) is 128 Å². The summed E-state index contributed by atoms with van der Waals surface area (Å²) in [6.07, 6.45) is 1.03. The zero-order valence-corrected chi connectivity index (χ0v) is 34.0. The maximum atomic E-state index is 6.76. The number of rotatable bonds is 7. The highest BCUT2D eigenvalue weighted by atomic mass is 16.4. The highest BCUT2D eigenvalue weighted by Crippen LogP contribution is 2.43. The van der Waals surface area contributed by atoms with Crippen molar-refractivity contribution in [3.63, 3.8) is 0 Å². The van der Waals surface area contributed by atoms with Crippen LogP contribution in [-0.4, -0.2) is 4.57 Å². The Morgan fingerprint density at radius 2 is 0.967 bits per heavy atom. The fraction of sp³-hybridized carbons (Fsp3) is 0.0690. The molecule has 0 fully saturated rings. The Kier molecular flexibility index (Phi) is 8.11. The van der Waals surface area contributed by atoms with E-state index in [1.807, 2.05) is 0 Å². The third-order valence-electron chi connectivity index (χ3n) is 12.9. The molecule has 3 heteroatoms. The minimum absolute atomic E-state index is 0.317. The Balaban J connectivity index is 0.927. The molecule has 9 aromatic carbocycles. The van der Waals surface area contributed by atoms with Gasteiger partial charge in [0.2, 0.25) is 0 Å². The van der Waals surface area contributed by atoms with Crippen LogP contribution in [0.3, 0.4) is 0 Å². The molecule has 61 heavy (non-hydrogen) atoms. The number of furan rings is 2. The van der Waals surface area contributed by atoms with Crippen LogP contribution in [0, 0.1) is 6.92 Å². The van der Waals surface area contributed by atoms with Gasteiger partial charge in [-0.05, 0) is 136 Å². The van der Waals surface area contributed by atoms with Crippen molar-refractivity contribution in [1.82, 2.24) is 4.57 Å². The van der Waals surface area contributed by atoms with Crippen molar-refractivity contribution in [2.24, 2.45) is 0 Å². The maximum absolute atomic E-state index is 6.76. The SMILES string of the molecule is CCC(c1ccccc1)c1ccccc1-c1cc(-c2ccc3c(c2)oc2c3ccc3c4ccc(-c5ccc6c(c5)c5ccccc5n6-c5ccccc5)cc4oc32)ccc1C. The van der Waals surface area contributed by atoms with Gasteiger partial charge < -0.3 is 13.4 Å². The van der Waals surface area contributed by atoms with Gasteiger partial charge in [0.25, 0.3) is 0 Å². The van der Waals surface area contributed by atoms with E-state index in [-0.39, 0.29) is 0 Å². The second-order valence-electron chi connectivity index (χ2n) is 16.4. The van der Waals surface area contributed by atoms with Crippen LogP contribution in [0.4, 0.5) is 0 Å². The molecule has 0 bridgehead atoms. The van der Waals surface area contributed by atoms with Crippen LogP contribution < -0.4 is 0 Å². The molecule has 0 N–H and O–H groups in total. The van der Waals surface area contributed by atoms with Crippen molar-refractivity contribution < 1.29 is 8.83 Å². The van der Waals surface area contributed by atoms with Crippen molar-refractivity contribution in [3.05, 3.63) is 211 Å². The highest BCUT2D eigenvalue weighted by molar-refractivity contribution is 6.19. The highest BCUT2D eigenvalue weighted by Gasteiger charge is 2.20. The summed E-state index contributed by atoms with van der Waals surface area (Å²) in [5.41, 5.74) is 17.9. The molecule has 12 aromatic rings. The molecule has 0 radical (unpaired) electrons. The first-order valence-corrected chi connectivity index (χ1v) is 21.3. The second-order valence-corrected chi connectivity index (χ2v) is 16.4. The van der Waals surface area contributed by atoms with Crippen LogP contribution in [0.5, 0.6) is 0 Å². The first kappa shape index (κ1) is 35.3. The molecule has 3 nitrogen and oxygen atoms in total. The topological polar surface area (TPSA) is 31.2 Å². The second kappa shape index (κ2) is 14.0. The average molecular weight is 784 g/mol. The Hall–Kier alpha value is -7.62. The number of fused-ring (bicyclic) bond motifs is 10. The zero-order chi connectivity index (χ0) is 40.6. The Bertz CT molecular complexity index is 3640. The Morgan fingerprint density at radius 1 is 0.426 bits per heavy atom. The van der Waals surface area contributed by atoms with Gasteiger partial charge in [-0.3, -0.25) is 0 Å². The third-order valence-corrected chi connectivity index (χ3v) is 12.9. The monoisotopic (exact) mass is 783 g/mol. The van der Waals surface area contributed by atoms with E-state index in [0.717, 1.165) is 78.2 Å². The molecular weight excluding hydrogens is 743 g/mol. The van der Waals surface area contributed by atoms with Gasteiger partial charge in [0.1, 0.15) is 11.2 Å². The van der Waals surface area contributed by atoms with Gasteiger partial charge >= 0.3 is 0 Å². The lowest BCUT2D eigenvalue weighted by Gasteiger charge is -2.21. The number of nitrogens with zero attached hydrogens (tertiary/aromatic N) is 1. The van der Waals surface area contributed by atoms with Crippen molar-refractivity contribution in [2.45, 2.75) is 26.2 Å². The largest absolute Gasteiger partial charge is 0.452 e. The van der Waals surface area contributed by atoms with Gasteiger partial charge in [0.15, 0.2) is 11.2 Å². The number of benzene rings is 9. The molecule has 0 saturated heterocycles. The average Bonchev–Trinajstić information content (AvgIpc) is 3.99. The van der Waals surface area contributed by atoms with Crippen molar-refractivity contribution in [2.75, 3.05) is 0 Å². The maximum Gasteiger partial charge on any atom is 0.178 e. The first-order valence-electron chi connectivity index (χ1n) is 21.3. The molecule has 0 saturated carbocycles. The predicted octanol–water partition coefficient (Wildman–Crippen LogP) is 16.4. The quantitative estimate of drug-likeness (QED) is 0.161. The lowest BCUT2D eigenvalue weighted by Crippen LogP contribution is -2.02. The van der Waals surface area contributed by atoms with Gasteiger partial charge in [0, 0.05) is 43.9 Å². The van der Waals surface area contributed by atoms with E-state index in [9.17, 15) is 0 Å². The minimum atomic E-state index is 0.317. The van der Waals surface area contributed by atoms with E-state index < -0.39 is 0 Å². The summed E-state index contributed by atoms with van der Waals surface area (Å²) in [6, 6.07) is 70.2. The van der Waals surface area contributed by atoms with E-state index in [4.69, 9.17) is 8.83 Å². The van der Waals surface area contributed by atoms with Gasteiger partial charge in [-0.15, -0.1) is 0 Å². The standard InChI is InChI=1S/C58H41NO2/c1-3-43(37-14-6-4-7-15-37)44-18-10-11-19-45(44)51-32-38(23-22-36(51)2)40-24-27-47-49-29-30-50-48-28-25-41(35-56(48)61-58(50)57(49)60-55(47)34-40)39-26-31-54-52(33-39)46-20-12-13-21-53(46)59(54)42-16-8-5-9-17-42/h4-35,43H,3H2,1-2H3. The third kappa shape index (κ3) is 5.65. The van der Waals surface area contributed by atoms with Gasteiger partial charge in [0.05, 0.1) is 11.0 Å². The van der Waals surface area contributed by atoms with Crippen molar-refractivity contribution in [3.8, 4) is 39.1 Å². The number of aryl methyl sites for hydroxylation is 1. The molecule has 0 aliphatic rings. The van der Waals surface area contributed by atoms with Crippen LogP contribution in [0.25, 0.3) is 105 Å². The van der Waals surface area contributed by atoms with Gasteiger partial charge in [-0.25, -0.2) is 0 Å². The van der Waals surface area contributed by atoms with Gasteiger partial charge in [-0.2, -0.15) is 0 Å². The van der Waals surface area contributed by atoms with Crippen LogP contribution in [0.1, 0.15) is 36.0 Å². The first-order chi connectivity index (χ1) is 30.1. The number of hydrogen-bond acceptors (Lipinski definition) is 2. The summed E-state index contributed by atoms with van der Waals surface area (Å²) in [7, 11) is 0. The minimum Gasteiger partial charge on any atom is -0.452 e. The van der Waals surface area contributed by atoms with E-state index in [0.29, 0.717) is 5.92 Å². The summed E-state index contributed by atoms with van der Waals surface area (Å²) >= 11 is 0. The van der Waals surface area contributed by atoms with Crippen molar-refractivity contribution >= 4 is 65.7 Å². The number of hydrogen-bond donors (Lipinski definition) is 0. The van der Waals surface area contributed by atoms with E-state index in [1.165, 1.54) is 49.6 Å². The summed E-state index contributed by atoms with van der Waals surface area (Å²) < 4.78 is 15.9. The molecule has 12 rings (SSSR count). The van der Waals surface area contributed by atoms with E-state index >= 15 is 0 Å². The molecule has 290 valence electrons. The lowest BCUT2D eigenvalue weighted by atomic mass is 9.83. The molecule has 1 unspecified atom stereocenters. The summed E-state index contributed by atoms with van der Waals surface area (Å²) in [5.74, 6) is 0.317. The Labute approximate surface area is 353 Å². The van der Waals surface area contributed by atoms with Crippen molar-refractivity contribution in [1.29, 1.82) is 0 Å². The van der Waals surface area contributed by atoms with Crippen LogP contribution in [0.2, 0.25) is 0 Å². The molecule has 1 atom stereocenters. The molecule has 3 aromatic heterocycles. The summed E-state index contributed by atoms with van der Waals surface area (Å²) in [4.78, 5) is 0. The lowest BCUT2D eigenvalue weighted by molar-refractivity contribution is 0.633. The number of aromatic nitrogens is 1. The fourth-order valence-electron chi connectivity index (χ4n) is 9.89. The molecular formula is C58H41NO2. The van der Waals surface area contributed by atoms with Crippen LogP contribution in [0.15, 0.2) is 203 Å². The van der Waals surface area contributed by atoms with E-state index in [2.05, 4.69) is 213 Å². The number of para-hydroxylation sites is 2. The van der Waals surface area contributed by atoms with Crippen LogP contribution in [-0.2, 0) is 0 Å². The Morgan fingerprint density at radius 3 is 1.67 bits per heavy atom. The van der Waals surface area contributed by atoms with Crippen LogP contribution >= 0.6 is 0 Å². The smallest absolute Gasteiger partial charge is 0.178 e. The predicted molar refractivity (Wildman–Crippen MR) is 255 cm³/mol. The normalized spacial score (nSPS) is 12.4. The molecule has 3 heterocycles. The molecule has 0 spiro atoms. The summed E-state index contributed by atoms with van der Waals surface area (Å²) in [5, 5.41) is 6.73. The summed E-state index contributed by atoms with van der Waals surface area (Å²) in [6.45, 7) is 4.50. The fourth-order valence-corrected chi connectivity index (χ4v) is 9.89. The zero-order valence-electron chi connectivity index (χ0n) is 34.0. The molecule has 0 aliphatic carbocycles. The van der Waals surface area contributed by atoms with E-state index in [1.54, 1.807) is 0 Å². The molecule has 0 amide bonds.